The van der Waals surface area contributed by atoms with Gasteiger partial charge in [-0.1, -0.05) is 55.5 Å². The van der Waals surface area contributed by atoms with Gasteiger partial charge in [-0.05, 0) is 41.0 Å². The van der Waals surface area contributed by atoms with Crippen LogP contribution in [-0.2, 0) is 14.3 Å². The molecule has 2 aromatic carbocycles. The molecule has 0 saturated heterocycles. The molecule has 4 rings (SSSR count). The fraction of sp³-hybridized carbons (Fsp3) is 0.375. The van der Waals surface area contributed by atoms with E-state index in [9.17, 15) is 14.4 Å². The molecule has 2 aliphatic carbocycles. The molecule has 0 heterocycles. The van der Waals surface area contributed by atoms with Crippen LogP contribution in [0.15, 0.2) is 48.5 Å². The Morgan fingerprint density at radius 3 is 2.26 bits per heavy atom. The lowest BCUT2D eigenvalue weighted by Gasteiger charge is -2.15. The van der Waals surface area contributed by atoms with Crippen LogP contribution in [0.1, 0.15) is 36.8 Å². The van der Waals surface area contributed by atoms with Crippen LogP contribution in [0.25, 0.3) is 11.1 Å². The number of carboxylic acids is 1. The summed E-state index contributed by atoms with van der Waals surface area (Å²) in [5.41, 5.74) is 4.65. The molecule has 162 valence electrons. The fourth-order valence-corrected chi connectivity index (χ4v) is 4.28. The van der Waals surface area contributed by atoms with Crippen molar-refractivity contribution in [3.8, 4) is 11.1 Å². The number of carbonyl (C=O) groups excluding carboxylic acids is 2. The molecule has 0 bridgehead atoms. The SMILES string of the molecule is CC[C@H](NC(=O)[C@H]1C[C@H]1CNC(=O)OCC1c2ccccc2-c2ccccc21)C(=O)O. The summed E-state index contributed by atoms with van der Waals surface area (Å²) >= 11 is 0. The maximum atomic E-state index is 12.2. The predicted molar refractivity (Wildman–Crippen MR) is 115 cm³/mol. The monoisotopic (exact) mass is 422 g/mol. The van der Waals surface area contributed by atoms with Crippen LogP contribution < -0.4 is 10.6 Å². The molecule has 0 radical (unpaired) electrons. The molecular weight excluding hydrogens is 396 g/mol. The summed E-state index contributed by atoms with van der Waals surface area (Å²) in [7, 11) is 0. The summed E-state index contributed by atoms with van der Waals surface area (Å²) < 4.78 is 5.50. The molecule has 3 N–H and O–H groups in total. The van der Waals surface area contributed by atoms with E-state index in [0.717, 1.165) is 11.1 Å². The summed E-state index contributed by atoms with van der Waals surface area (Å²) in [6.45, 7) is 2.28. The third kappa shape index (κ3) is 4.40. The number of benzene rings is 2. The van der Waals surface area contributed by atoms with E-state index >= 15 is 0 Å². The molecule has 1 fully saturated rings. The van der Waals surface area contributed by atoms with Crippen molar-refractivity contribution >= 4 is 18.0 Å². The van der Waals surface area contributed by atoms with Gasteiger partial charge in [-0.15, -0.1) is 0 Å². The lowest BCUT2D eigenvalue weighted by atomic mass is 9.98. The molecule has 31 heavy (non-hydrogen) atoms. The third-order valence-corrected chi connectivity index (χ3v) is 6.13. The van der Waals surface area contributed by atoms with Crippen molar-refractivity contribution < 1.29 is 24.2 Å². The van der Waals surface area contributed by atoms with Gasteiger partial charge in [0, 0.05) is 18.4 Å². The molecule has 1 saturated carbocycles. The van der Waals surface area contributed by atoms with E-state index in [1.807, 2.05) is 24.3 Å². The van der Waals surface area contributed by atoms with E-state index in [-0.39, 0.29) is 30.3 Å². The number of carbonyl (C=O) groups is 3. The summed E-state index contributed by atoms with van der Waals surface area (Å²) in [6.07, 6.45) is 0.451. The van der Waals surface area contributed by atoms with Gasteiger partial charge in [-0.25, -0.2) is 9.59 Å². The third-order valence-electron chi connectivity index (χ3n) is 6.13. The lowest BCUT2D eigenvalue weighted by Crippen LogP contribution is -2.41. The van der Waals surface area contributed by atoms with E-state index in [2.05, 4.69) is 34.9 Å². The number of carboxylic acid groups (broad SMARTS) is 1. The molecule has 7 heteroatoms. The van der Waals surface area contributed by atoms with E-state index in [4.69, 9.17) is 9.84 Å². The number of nitrogens with one attached hydrogen (secondary N) is 2. The normalized spacial score (nSPS) is 19.6. The second-order valence-electron chi connectivity index (χ2n) is 8.12. The average Bonchev–Trinajstić information content (AvgIpc) is 3.49. The van der Waals surface area contributed by atoms with E-state index in [1.165, 1.54) is 11.1 Å². The number of fused-ring (bicyclic) bond motifs is 3. The Morgan fingerprint density at radius 1 is 1.06 bits per heavy atom. The molecule has 0 spiro atoms. The zero-order valence-electron chi connectivity index (χ0n) is 17.3. The Labute approximate surface area is 180 Å². The smallest absolute Gasteiger partial charge is 0.407 e. The number of ether oxygens (including phenoxy) is 1. The van der Waals surface area contributed by atoms with Gasteiger partial charge >= 0.3 is 12.1 Å². The van der Waals surface area contributed by atoms with Crippen LogP contribution >= 0.6 is 0 Å². The average molecular weight is 422 g/mol. The van der Waals surface area contributed by atoms with Crippen molar-refractivity contribution in [2.75, 3.05) is 13.2 Å². The van der Waals surface area contributed by atoms with Crippen molar-refractivity contribution in [3.63, 3.8) is 0 Å². The van der Waals surface area contributed by atoms with Crippen molar-refractivity contribution in [2.24, 2.45) is 11.8 Å². The van der Waals surface area contributed by atoms with E-state index < -0.39 is 18.1 Å². The highest BCUT2D eigenvalue weighted by molar-refractivity contribution is 5.86. The first-order valence-electron chi connectivity index (χ1n) is 10.6. The minimum absolute atomic E-state index is 0.000373. The van der Waals surface area contributed by atoms with Gasteiger partial charge < -0.3 is 20.5 Å². The minimum Gasteiger partial charge on any atom is -0.480 e. The van der Waals surface area contributed by atoms with Crippen LogP contribution in [0.3, 0.4) is 0 Å². The number of alkyl carbamates (subject to hydrolysis) is 1. The first kappa shape index (κ1) is 20.9. The number of hydrogen-bond donors (Lipinski definition) is 3. The highest BCUT2D eigenvalue weighted by Crippen LogP contribution is 2.44. The fourth-order valence-electron chi connectivity index (χ4n) is 4.28. The number of rotatable bonds is 8. The Bertz CT molecular complexity index is 959. The van der Waals surface area contributed by atoms with Crippen LogP contribution in [0, 0.1) is 11.8 Å². The second kappa shape index (κ2) is 8.79. The van der Waals surface area contributed by atoms with Gasteiger partial charge in [-0.2, -0.15) is 0 Å². The molecule has 7 nitrogen and oxygen atoms in total. The Morgan fingerprint density at radius 2 is 1.68 bits per heavy atom. The van der Waals surface area contributed by atoms with Gasteiger partial charge in [0.15, 0.2) is 0 Å². The van der Waals surface area contributed by atoms with Gasteiger partial charge in [-0.3, -0.25) is 4.79 Å². The molecule has 0 unspecified atom stereocenters. The Balaban J connectivity index is 1.26. The number of hydrogen-bond acceptors (Lipinski definition) is 4. The van der Waals surface area contributed by atoms with Crippen molar-refractivity contribution in [1.82, 2.24) is 10.6 Å². The maximum absolute atomic E-state index is 12.2. The van der Waals surface area contributed by atoms with Gasteiger partial charge in [0.2, 0.25) is 5.91 Å². The molecule has 0 aromatic heterocycles. The topological polar surface area (TPSA) is 105 Å². The van der Waals surface area contributed by atoms with Crippen LogP contribution in [-0.4, -0.2) is 42.3 Å². The van der Waals surface area contributed by atoms with Crippen LogP contribution in [0.4, 0.5) is 4.79 Å². The van der Waals surface area contributed by atoms with Crippen molar-refractivity contribution in [2.45, 2.75) is 31.7 Å². The summed E-state index contributed by atoms with van der Waals surface area (Å²) in [4.78, 5) is 35.4. The molecular formula is C24H26N2O5. The summed E-state index contributed by atoms with van der Waals surface area (Å²) in [6, 6.07) is 15.4. The maximum Gasteiger partial charge on any atom is 0.407 e. The van der Waals surface area contributed by atoms with Crippen LogP contribution in [0.5, 0.6) is 0 Å². The van der Waals surface area contributed by atoms with E-state index in [0.29, 0.717) is 19.4 Å². The molecule has 0 aliphatic heterocycles. The van der Waals surface area contributed by atoms with Gasteiger partial charge in [0.1, 0.15) is 12.6 Å². The Kier molecular flexibility index (Phi) is 5.93. The van der Waals surface area contributed by atoms with E-state index in [1.54, 1.807) is 6.92 Å². The van der Waals surface area contributed by atoms with Crippen molar-refractivity contribution in [1.29, 1.82) is 0 Å². The standard InChI is InChI=1S/C24H26N2O5/c1-2-21(23(28)29)26-22(27)19-11-14(19)12-25-24(30)31-13-20-17-9-5-3-7-15(17)16-8-4-6-10-18(16)20/h3-10,14,19-21H,2,11-13H2,1H3,(H,25,30)(H,26,27)(H,28,29)/t14-,19-,21-/m0/s1. The van der Waals surface area contributed by atoms with Gasteiger partial charge in [0.25, 0.3) is 0 Å². The summed E-state index contributed by atoms with van der Waals surface area (Å²) in [5.74, 6) is -1.56. The lowest BCUT2D eigenvalue weighted by molar-refractivity contribution is -0.142. The minimum atomic E-state index is -1.04. The zero-order valence-corrected chi connectivity index (χ0v) is 17.3. The molecule has 2 amide bonds. The second-order valence-corrected chi connectivity index (χ2v) is 8.12. The highest BCUT2D eigenvalue weighted by atomic mass is 16.5. The predicted octanol–water partition coefficient (Wildman–Crippen LogP) is 3.14. The largest absolute Gasteiger partial charge is 0.480 e. The number of aliphatic carboxylic acids is 1. The first-order valence-corrected chi connectivity index (χ1v) is 10.6. The Hall–Kier alpha value is -3.35. The highest BCUT2D eigenvalue weighted by Gasteiger charge is 2.43. The van der Waals surface area contributed by atoms with Crippen LogP contribution in [0.2, 0.25) is 0 Å². The zero-order chi connectivity index (χ0) is 22.0. The quantitative estimate of drug-likeness (QED) is 0.606. The molecule has 3 atom stereocenters. The molecule has 2 aliphatic rings. The van der Waals surface area contributed by atoms with Gasteiger partial charge in [0.05, 0.1) is 0 Å². The molecule has 2 aromatic rings. The number of amides is 2. The summed E-state index contributed by atoms with van der Waals surface area (Å²) in [5, 5.41) is 14.3. The van der Waals surface area contributed by atoms with Crippen molar-refractivity contribution in [3.05, 3.63) is 59.7 Å². The first-order chi connectivity index (χ1) is 15.0.